The summed E-state index contributed by atoms with van der Waals surface area (Å²) in [7, 11) is 0. The van der Waals surface area contributed by atoms with Crippen LogP contribution >= 0.6 is 11.6 Å². The van der Waals surface area contributed by atoms with Crippen molar-refractivity contribution in [1.29, 1.82) is 0 Å². The van der Waals surface area contributed by atoms with E-state index in [2.05, 4.69) is 10.1 Å². The normalized spacial score (nSPS) is 17.6. The van der Waals surface area contributed by atoms with Crippen molar-refractivity contribution in [3.05, 3.63) is 77.4 Å². The minimum absolute atomic E-state index is 0.145. The van der Waals surface area contributed by atoms with E-state index >= 15 is 0 Å². The van der Waals surface area contributed by atoms with Gasteiger partial charge in [0.1, 0.15) is 18.0 Å². The standard InChI is InChI=1S/C23H17ClF5N3OS/c1-34(33)15-11-9-14(10-12-15)17-6-4-7-18(30-17)20-13-21(22(25,26)23(27,28)29)31-32(20)19-8-3-2-5-16(19)24/h2-12,20H,13H2,1H3. The molecule has 2 heterocycles. The van der Waals surface area contributed by atoms with Crippen molar-refractivity contribution in [2.75, 3.05) is 11.3 Å². The highest BCUT2D eigenvalue weighted by Gasteiger charge is 2.63. The molecule has 0 amide bonds. The number of hydrogen-bond acceptors (Lipinski definition) is 4. The van der Waals surface area contributed by atoms with Gasteiger partial charge in [-0.3, -0.25) is 9.99 Å². The summed E-state index contributed by atoms with van der Waals surface area (Å²) in [5.41, 5.74) is 0.259. The zero-order valence-electron chi connectivity index (χ0n) is 17.6. The second-order valence-electron chi connectivity index (χ2n) is 7.56. The third-order valence-electron chi connectivity index (χ3n) is 5.32. The average molecular weight is 514 g/mol. The molecule has 0 spiro atoms. The molecule has 0 saturated carbocycles. The molecule has 0 fully saturated rings. The van der Waals surface area contributed by atoms with E-state index in [-0.39, 0.29) is 16.4 Å². The number of hydrogen-bond donors (Lipinski definition) is 0. The van der Waals surface area contributed by atoms with Crippen molar-refractivity contribution in [2.24, 2.45) is 5.10 Å². The number of halogens is 6. The molecule has 0 radical (unpaired) electrons. The van der Waals surface area contributed by atoms with E-state index in [1.54, 1.807) is 54.8 Å². The van der Waals surface area contributed by atoms with Crippen LogP contribution in [0.15, 0.2) is 76.7 Å². The van der Waals surface area contributed by atoms with Crippen LogP contribution in [0.4, 0.5) is 27.6 Å². The number of aromatic nitrogens is 1. The molecule has 2 aromatic carbocycles. The zero-order chi connectivity index (χ0) is 24.7. The lowest BCUT2D eigenvalue weighted by molar-refractivity contribution is -0.249. The first-order valence-electron chi connectivity index (χ1n) is 9.96. The summed E-state index contributed by atoms with van der Waals surface area (Å²) in [6.45, 7) is 0. The summed E-state index contributed by atoms with van der Waals surface area (Å²) >= 11 is 5.04. The highest BCUT2D eigenvalue weighted by atomic mass is 35.5. The molecule has 0 N–H and O–H groups in total. The van der Waals surface area contributed by atoms with E-state index in [1.165, 1.54) is 18.2 Å². The first-order valence-corrected chi connectivity index (χ1v) is 11.9. The lowest BCUT2D eigenvalue weighted by atomic mass is 10.0. The highest BCUT2D eigenvalue weighted by Crippen LogP contribution is 2.45. The lowest BCUT2D eigenvalue weighted by Crippen LogP contribution is -2.43. The molecule has 3 aromatic rings. The van der Waals surface area contributed by atoms with Gasteiger partial charge in [0.05, 0.1) is 22.1 Å². The number of pyridine rings is 1. The second kappa shape index (κ2) is 9.16. The van der Waals surface area contributed by atoms with Crippen LogP contribution in [0, 0.1) is 0 Å². The molecule has 11 heteroatoms. The molecular weight excluding hydrogens is 497 g/mol. The summed E-state index contributed by atoms with van der Waals surface area (Å²) in [6, 6.07) is 16.8. The highest BCUT2D eigenvalue weighted by molar-refractivity contribution is 7.90. The molecule has 178 valence electrons. The molecular formula is C23H17ClF5N3OS. The summed E-state index contributed by atoms with van der Waals surface area (Å²) in [4.78, 5) is 5.14. The Morgan fingerprint density at radius 2 is 1.65 bits per heavy atom. The van der Waals surface area contributed by atoms with Crippen molar-refractivity contribution >= 4 is 34.2 Å². The van der Waals surface area contributed by atoms with Crippen LogP contribution in [-0.4, -0.2) is 33.6 Å². The predicted molar refractivity (Wildman–Crippen MR) is 122 cm³/mol. The number of para-hydroxylation sites is 1. The number of nitrogens with zero attached hydrogens (tertiary/aromatic N) is 3. The Labute approximate surface area is 200 Å². The van der Waals surface area contributed by atoms with Crippen molar-refractivity contribution in [2.45, 2.75) is 29.5 Å². The Kier molecular flexibility index (Phi) is 6.58. The van der Waals surface area contributed by atoms with Crippen LogP contribution < -0.4 is 5.01 Å². The maximum atomic E-state index is 14.2. The second-order valence-corrected chi connectivity index (χ2v) is 9.35. The summed E-state index contributed by atoms with van der Waals surface area (Å²) < 4.78 is 79.3. The third kappa shape index (κ3) is 4.62. The Morgan fingerprint density at radius 3 is 2.26 bits per heavy atom. The summed E-state index contributed by atoms with van der Waals surface area (Å²) in [5, 5.41) is 4.88. The van der Waals surface area contributed by atoms with Gasteiger partial charge in [0.2, 0.25) is 0 Å². The van der Waals surface area contributed by atoms with E-state index in [0.717, 1.165) is 5.01 Å². The number of hydrazone groups is 1. The molecule has 1 aliphatic rings. The van der Waals surface area contributed by atoms with Gasteiger partial charge >= 0.3 is 12.1 Å². The fraction of sp³-hybridized carbons (Fsp3) is 0.217. The van der Waals surface area contributed by atoms with E-state index in [0.29, 0.717) is 16.2 Å². The summed E-state index contributed by atoms with van der Waals surface area (Å²) in [6.07, 6.45) is -4.93. The first-order chi connectivity index (χ1) is 16.0. The number of anilines is 1. The van der Waals surface area contributed by atoms with Gasteiger partial charge < -0.3 is 4.55 Å². The Balaban J connectivity index is 1.75. The van der Waals surface area contributed by atoms with Crippen LogP contribution in [0.5, 0.6) is 0 Å². The van der Waals surface area contributed by atoms with E-state index in [4.69, 9.17) is 11.6 Å². The molecule has 2 atom stereocenters. The number of benzene rings is 2. The topological polar surface area (TPSA) is 51.6 Å². The molecule has 1 aliphatic heterocycles. The van der Waals surface area contributed by atoms with E-state index in [9.17, 15) is 26.5 Å². The van der Waals surface area contributed by atoms with Crippen molar-refractivity contribution < 1.29 is 26.5 Å². The molecule has 0 bridgehead atoms. The van der Waals surface area contributed by atoms with Gasteiger partial charge in [0.15, 0.2) is 4.90 Å². The van der Waals surface area contributed by atoms with Gasteiger partial charge in [-0.15, -0.1) is 0 Å². The van der Waals surface area contributed by atoms with Gasteiger partial charge in [-0.05, 0) is 59.7 Å². The third-order valence-corrected chi connectivity index (χ3v) is 6.58. The fourth-order valence-electron chi connectivity index (χ4n) is 3.57. The maximum absolute atomic E-state index is 14.2. The van der Waals surface area contributed by atoms with Crippen LogP contribution in [0.25, 0.3) is 11.3 Å². The van der Waals surface area contributed by atoms with Gasteiger partial charge in [0, 0.05) is 12.0 Å². The Bertz CT molecular complexity index is 1220. The average Bonchev–Trinajstić information content (AvgIpc) is 3.25. The monoisotopic (exact) mass is 513 g/mol. The zero-order valence-corrected chi connectivity index (χ0v) is 19.1. The van der Waals surface area contributed by atoms with Gasteiger partial charge in [-0.25, -0.2) is 0 Å². The number of rotatable bonds is 5. The van der Waals surface area contributed by atoms with Gasteiger partial charge in [-0.2, -0.15) is 27.1 Å². The molecule has 2 unspecified atom stereocenters. The quantitative estimate of drug-likeness (QED) is 0.284. The minimum atomic E-state index is -5.79. The van der Waals surface area contributed by atoms with Gasteiger partial charge in [-0.1, -0.05) is 29.8 Å². The van der Waals surface area contributed by atoms with Crippen LogP contribution in [0.1, 0.15) is 18.2 Å². The summed E-state index contributed by atoms with van der Waals surface area (Å²) in [5.74, 6) is -5.11. The van der Waals surface area contributed by atoms with Crippen molar-refractivity contribution in [3.8, 4) is 11.3 Å². The van der Waals surface area contributed by atoms with Crippen molar-refractivity contribution in [1.82, 2.24) is 4.98 Å². The molecule has 1 aromatic heterocycles. The molecule has 34 heavy (non-hydrogen) atoms. The SMILES string of the molecule is C[S+]([O-])c1ccc(-c2cccc(C3CC(C(F)(F)C(F)(F)F)=NN3c3ccccc3Cl)n2)cc1. The molecule has 4 rings (SSSR count). The lowest BCUT2D eigenvalue weighted by Gasteiger charge is -2.24. The smallest absolute Gasteiger partial charge is 0.459 e. The predicted octanol–water partition coefficient (Wildman–Crippen LogP) is 6.64. The molecule has 4 nitrogen and oxygen atoms in total. The van der Waals surface area contributed by atoms with Crippen LogP contribution in [0.2, 0.25) is 5.02 Å². The first kappa shape index (κ1) is 24.4. The fourth-order valence-corrected chi connectivity index (χ4v) is 4.31. The Hall–Kier alpha value is -2.69. The largest absolute Gasteiger partial charge is 0.612 e. The van der Waals surface area contributed by atoms with Crippen molar-refractivity contribution in [3.63, 3.8) is 0 Å². The maximum Gasteiger partial charge on any atom is 0.459 e. The molecule has 0 aliphatic carbocycles. The van der Waals surface area contributed by atoms with Crippen LogP contribution in [-0.2, 0) is 11.2 Å². The Morgan fingerprint density at radius 1 is 0.971 bits per heavy atom. The molecule has 0 saturated heterocycles. The number of alkyl halides is 5. The van der Waals surface area contributed by atoms with Gasteiger partial charge in [0.25, 0.3) is 0 Å². The minimum Gasteiger partial charge on any atom is -0.612 e. The van der Waals surface area contributed by atoms with Crippen LogP contribution in [0.3, 0.4) is 0 Å². The van der Waals surface area contributed by atoms with E-state index in [1.807, 2.05) is 0 Å². The van der Waals surface area contributed by atoms with E-state index < -0.39 is 41.4 Å².